The van der Waals surface area contributed by atoms with E-state index in [9.17, 15) is 13.2 Å². The highest BCUT2D eigenvalue weighted by Crippen LogP contribution is 2.31. The van der Waals surface area contributed by atoms with Crippen molar-refractivity contribution in [3.8, 4) is 0 Å². The van der Waals surface area contributed by atoms with Crippen LogP contribution in [0.5, 0.6) is 0 Å². The SMILES string of the molecule is NNC(CSc1ccccc1)c1cccc(C(F)(F)F)c1. The summed E-state index contributed by atoms with van der Waals surface area (Å²) in [7, 11) is 0. The highest BCUT2D eigenvalue weighted by molar-refractivity contribution is 7.99. The molecule has 2 nitrogen and oxygen atoms in total. The Morgan fingerprint density at radius 2 is 1.76 bits per heavy atom. The first kappa shape index (κ1) is 15.9. The van der Waals surface area contributed by atoms with Gasteiger partial charge in [0.05, 0.1) is 11.6 Å². The van der Waals surface area contributed by atoms with E-state index in [1.807, 2.05) is 30.3 Å². The van der Waals surface area contributed by atoms with E-state index in [0.717, 1.165) is 17.0 Å². The van der Waals surface area contributed by atoms with Crippen molar-refractivity contribution in [1.82, 2.24) is 5.43 Å². The molecule has 0 aliphatic heterocycles. The van der Waals surface area contributed by atoms with Crippen LogP contribution in [0, 0.1) is 0 Å². The molecule has 0 bridgehead atoms. The number of rotatable bonds is 5. The lowest BCUT2D eigenvalue weighted by atomic mass is 10.1. The number of halogens is 3. The molecule has 0 amide bonds. The van der Waals surface area contributed by atoms with Crippen LogP contribution in [-0.4, -0.2) is 5.75 Å². The number of nitrogens with two attached hydrogens (primary N) is 1. The summed E-state index contributed by atoms with van der Waals surface area (Å²) in [5, 5.41) is 0. The molecule has 0 heterocycles. The molecule has 0 radical (unpaired) electrons. The Labute approximate surface area is 125 Å². The molecular weight excluding hydrogens is 297 g/mol. The molecule has 1 atom stereocenters. The fourth-order valence-electron chi connectivity index (χ4n) is 1.87. The topological polar surface area (TPSA) is 38.0 Å². The normalized spacial score (nSPS) is 13.1. The number of hydrogen-bond acceptors (Lipinski definition) is 3. The Morgan fingerprint density at radius 1 is 1.05 bits per heavy atom. The molecule has 0 saturated carbocycles. The van der Waals surface area contributed by atoms with Gasteiger partial charge in [-0.3, -0.25) is 11.3 Å². The number of hydrazine groups is 1. The molecule has 0 saturated heterocycles. The van der Waals surface area contributed by atoms with Crippen LogP contribution in [0.15, 0.2) is 59.5 Å². The number of nitrogens with one attached hydrogen (secondary N) is 1. The van der Waals surface area contributed by atoms with Gasteiger partial charge in [-0.2, -0.15) is 13.2 Å². The smallest absolute Gasteiger partial charge is 0.271 e. The quantitative estimate of drug-likeness (QED) is 0.498. The van der Waals surface area contributed by atoms with Gasteiger partial charge >= 0.3 is 6.18 Å². The molecule has 1 unspecified atom stereocenters. The molecule has 2 rings (SSSR count). The number of hydrogen-bond donors (Lipinski definition) is 2. The molecule has 6 heteroatoms. The van der Waals surface area contributed by atoms with Crippen LogP contribution in [0.2, 0.25) is 0 Å². The Balaban J connectivity index is 2.10. The molecule has 0 aliphatic rings. The zero-order chi connectivity index (χ0) is 15.3. The predicted molar refractivity (Wildman–Crippen MR) is 78.7 cm³/mol. The summed E-state index contributed by atoms with van der Waals surface area (Å²) in [6.45, 7) is 0. The minimum atomic E-state index is -4.35. The van der Waals surface area contributed by atoms with Gasteiger partial charge in [0, 0.05) is 10.6 Å². The first-order chi connectivity index (χ1) is 10.0. The van der Waals surface area contributed by atoms with Gasteiger partial charge in [0.1, 0.15) is 0 Å². The maximum absolute atomic E-state index is 12.7. The summed E-state index contributed by atoms with van der Waals surface area (Å²) in [5.41, 5.74) is 2.44. The van der Waals surface area contributed by atoms with Gasteiger partial charge < -0.3 is 0 Å². The third-order valence-corrected chi connectivity index (χ3v) is 4.08. The van der Waals surface area contributed by atoms with Gasteiger partial charge in [-0.1, -0.05) is 30.3 Å². The highest BCUT2D eigenvalue weighted by Gasteiger charge is 2.30. The molecule has 2 aromatic rings. The minimum absolute atomic E-state index is 0.350. The van der Waals surface area contributed by atoms with Crippen LogP contribution in [0.4, 0.5) is 13.2 Å². The second-order valence-electron chi connectivity index (χ2n) is 4.47. The van der Waals surface area contributed by atoms with Crippen molar-refractivity contribution in [3.05, 3.63) is 65.7 Å². The largest absolute Gasteiger partial charge is 0.416 e. The van der Waals surface area contributed by atoms with Crippen molar-refractivity contribution in [2.75, 3.05) is 5.75 Å². The molecule has 0 aliphatic carbocycles. The van der Waals surface area contributed by atoms with Crippen molar-refractivity contribution in [2.24, 2.45) is 5.84 Å². The summed E-state index contributed by atoms with van der Waals surface area (Å²) >= 11 is 1.54. The second kappa shape index (κ2) is 6.98. The summed E-state index contributed by atoms with van der Waals surface area (Å²) in [6, 6.07) is 14.5. The van der Waals surface area contributed by atoms with E-state index >= 15 is 0 Å². The van der Waals surface area contributed by atoms with Gasteiger partial charge in [0.25, 0.3) is 0 Å². The van der Waals surface area contributed by atoms with Gasteiger partial charge in [0.2, 0.25) is 0 Å². The van der Waals surface area contributed by atoms with Crippen LogP contribution >= 0.6 is 11.8 Å². The molecule has 2 aromatic carbocycles. The lowest BCUT2D eigenvalue weighted by molar-refractivity contribution is -0.137. The monoisotopic (exact) mass is 312 g/mol. The number of thioether (sulfide) groups is 1. The summed E-state index contributed by atoms with van der Waals surface area (Å²) in [6.07, 6.45) is -4.35. The summed E-state index contributed by atoms with van der Waals surface area (Å²) < 4.78 is 38.2. The standard InChI is InChI=1S/C15H15F3N2S/c16-15(17,18)12-6-4-5-11(9-12)14(20-19)10-21-13-7-2-1-3-8-13/h1-9,14,20H,10,19H2. The lowest BCUT2D eigenvalue weighted by Crippen LogP contribution is -2.29. The van der Waals surface area contributed by atoms with Gasteiger partial charge in [-0.15, -0.1) is 11.8 Å². The maximum Gasteiger partial charge on any atom is 0.416 e. The lowest BCUT2D eigenvalue weighted by Gasteiger charge is -2.17. The average Bonchev–Trinajstić information content (AvgIpc) is 2.48. The van der Waals surface area contributed by atoms with Crippen LogP contribution in [0.25, 0.3) is 0 Å². The average molecular weight is 312 g/mol. The van der Waals surface area contributed by atoms with Crippen molar-refractivity contribution in [3.63, 3.8) is 0 Å². The number of benzene rings is 2. The van der Waals surface area contributed by atoms with Gasteiger partial charge in [0.15, 0.2) is 0 Å². The van der Waals surface area contributed by atoms with E-state index in [2.05, 4.69) is 5.43 Å². The molecule has 0 spiro atoms. The third-order valence-electron chi connectivity index (χ3n) is 2.98. The Bertz CT molecular complexity index is 573. The molecular formula is C15H15F3N2S. The second-order valence-corrected chi connectivity index (χ2v) is 5.56. The van der Waals surface area contributed by atoms with E-state index in [-0.39, 0.29) is 6.04 Å². The van der Waals surface area contributed by atoms with Gasteiger partial charge in [-0.05, 0) is 29.8 Å². The van der Waals surface area contributed by atoms with Crippen molar-refractivity contribution >= 4 is 11.8 Å². The fourth-order valence-corrected chi connectivity index (χ4v) is 2.87. The predicted octanol–water partition coefficient (Wildman–Crippen LogP) is 4.00. The molecule has 0 aromatic heterocycles. The van der Waals surface area contributed by atoms with E-state index in [1.54, 1.807) is 6.07 Å². The maximum atomic E-state index is 12.7. The van der Waals surface area contributed by atoms with E-state index in [4.69, 9.17) is 5.84 Å². The highest BCUT2D eigenvalue weighted by atomic mass is 32.2. The molecule has 0 fully saturated rings. The van der Waals surface area contributed by atoms with Crippen molar-refractivity contribution < 1.29 is 13.2 Å². The van der Waals surface area contributed by atoms with Crippen molar-refractivity contribution in [1.29, 1.82) is 0 Å². The fraction of sp³-hybridized carbons (Fsp3) is 0.200. The van der Waals surface area contributed by atoms with Gasteiger partial charge in [-0.25, -0.2) is 0 Å². The Kier molecular flexibility index (Phi) is 5.27. The first-order valence-electron chi connectivity index (χ1n) is 6.32. The zero-order valence-electron chi connectivity index (χ0n) is 11.1. The van der Waals surface area contributed by atoms with Crippen molar-refractivity contribution in [2.45, 2.75) is 17.1 Å². The molecule has 3 N–H and O–H groups in total. The van der Waals surface area contributed by atoms with Crippen LogP contribution in [0.1, 0.15) is 17.2 Å². The number of alkyl halides is 3. The molecule has 112 valence electrons. The summed E-state index contributed by atoms with van der Waals surface area (Å²) in [5.74, 6) is 6.03. The third kappa shape index (κ3) is 4.49. The first-order valence-corrected chi connectivity index (χ1v) is 7.30. The van der Waals surface area contributed by atoms with E-state index in [0.29, 0.717) is 11.3 Å². The molecule has 21 heavy (non-hydrogen) atoms. The Morgan fingerprint density at radius 3 is 2.38 bits per heavy atom. The van der Waals surface area contributed by atoms with Crippen LogP contribution in [0.3, 0.4) is 0 Å². The van der Waals surface area contributed by atoms with E-state index < -0.39 is 11.7 Å². The zero-order valence-corrected chi connectivity index (χ0v) is 11.9. The Hall–Kier alpha value is -1.50. The van der Waals surface area contributed by atoms with E-state index in [1.165, 1.54) is 17.8 Å². The van der Waals surface area contributed by atoms with Crippen LogP contribution < -0.4 is 11.3 Å². The minimum Gasteiger partial charge on any atom is -0.271 e. The van der Waals surface area contributed by atoms with Crippen LogP contribution in [-0.2, 0) is 6.18 Å². The summed E-state index contributed by atoms with van der Waals surface area (Å²) in [4.78, 5) is 1.05.